The second-order valence-electron chi connectivity index (χ2n) is 6.60. The number of hydrogen-bond acceptors (Lipinski definition) is 3. The molecule has 5 nitrogen and oxygen atoms in total. The zero-order valence-corrected chi connectivity index (χ0v) is 14.7. The van der Waals surface area contributed by atoms with Crippen molar-refractivity contribution in [3.63, 3.8) is 0 Å². The van der Waals surface area contributed by atoms with Gasteiger partial charge in [0, 0.05) is 38.2 Å². The van der Waals surface area contributed by atoms with Gasteiger partial charge in [-0.1, -0.05) is 30.3 Å². The van der Waals surface area contributed by atoms with E-state index in [1.165, 1.54) is 5.56 Å². The van der Waals surface area contributed by atoms with Crippen LogP contribution in [0.5, 0.6) is 0 Å². The van der Waals surface area contributed by atoms with Gasteiger partial charge in [0.05, 0.1) is 0 Å². The predicted octanol–water partition coefficient (Wildman–Crippen LogP) is 2.96. The van der Waals surface area contributed by atoms with Gasteiger partial charge in [0.15, 0.2) is 0 Å². The lowest BCUT2D eigenvalue weighted by Crippen LogP contribution is -2.42. The first-order valence-corrected chi connectivity index (χ1v) is 9.06. The molecular weight excluding hydrogens is 314 g/mol. The number of aryl methyl sites for hydroxylation is 2. The van der Waals surface area contributed by atoms with Gasteiger partial charge in [-0.25, -0.2) is 0 Å². The highest BCUT2D eigenvalue weighted by atomic mass is 16.2. The van der Waals surface area contributed by atoms with Crippen LogP contribution in [0.4, 0.5) is 0 Å². The Balaban J connectivity index is 1.56. The molecule has 1 aromatic heterocycles. The third-order valence-corrected chi connectivity index (χ3v) is 4.85. The molecule has 1 aliphatic heterocycles. The minimum Gasteiger partial charge on any atom is -0.337 e. The summed E-state index contributed by atoms with van der Waals surface area (Å²) < 4.78 is 1.75. The fourth-order valence-corrected chi connectivity index (χ4v) is 3.35. The van der Waals surface area contributed by atoms with Crippen molar-refractivity contribution in [3.05, 3.63) is 53.9 Å². The maximum Gasteiger partial charge on any atom is 0.274 e. The number of rotatable bonds is 6. The number of hydrogen-bond donors (Lipinski definition) is 0. The van der Waals surface area contributed by atoms with E-state index in [0.717, 1.165) is 25.8 Å². The third kappa shape index (κ3) is 4.35. The first-order valence-electron chi connectivity index (χ1n) is 9.06. The SMILES string of the molecule is CCn1ccc(C(=O)N2CCCC(C(=O)CCc3ccccc3)C2)n1. The quantitative estimate of drug-likeness (QED) is 0.813. The van der Waals surface area contributed by atoms with Gasteiger partial charge in [-0.15, -0.1) is 0 Å². The molecule has 2 heterocycles. The molecule has 1 amide bonds. The lowest BCUT2D eigenvalue weighted by molar-refractivity contribution is -0.124. The van der Waals surface area contributed by atoms with Gasteiger partial charge >= 0.3 is 0 Å². The number of carbonyl (C=O) groups excluding carboxylic acids is 2. The number of Topliss-reactive ketones (excluding diaryl/α,β-unsaturated/α-hetero) is 1. The van der Waals surface area contributed by atoms with Crippen molar-refractivity contribution in [1.82, 2.24) is 14.7 Å². The van der Waals surface area contributed by atoms with Crippen LogP contribution >= 0.6 is 0 Å². The molecule has 0 bridgehead atoms. The Labute approximate surface area is 148 Å². The van der Waals surface area contributed by atoms with E-state index in [1.54, 1.807) is 15.6 Å². The highest BCUT2D eigenvalue weighted by molar-refractivity contribution is 5.93. The molecule has 1 fully saturated rings. The number of likely N-dealkylation sites (tertiary alicyclic amines) is 1. The van der Waals surface area contributed by atoms with E-state index in [2.05, 4.69) is 5.10 Å². The Morgan fingerprint density at radius 1 is 1.20 bits per heavy atom. The minimum atomic E-state index is -0.0623. The van der Waals surface area contributed by atoms with Crippen LogP contribution in [0.25, 0.3) is 0 Å². The highest BCUT2D eigenvalue weighted by Gasteiger charge is 2.29. The van der Waals surface area contributed by atoms with Crippen molar-refractivity contribution in [1.29, 1.82) is 0 Å². The first kappa shape index (κ1) is 17.4. The number of benzene rings is 1. The molecule has 1 atom stereocenters. The molecule has 0 N–H and O–H groups in total. The molecule has 5 heteroatoms. The van der Waals surface area contributed by atoms with Crippen LogP contribution in [0.15, 0.2) is 42.6 Å². The third-order valence-electron chi connectivity index (χ3n) is 4.85. The monoisotopic (exact) mass is 339 g/mol. The van der Waals surface area contributed by atoms with E-state index in [4.69, 9.17) is 0 Å². The summed E-state index contributed by atoms with van der Waals surface area (Å²) >= 11 is 0. The normalized spacial score (nSPS) is 17.5. The Morgan fingerprint density at radius 2 is 2.00 bits per heavy atom. The Hall–Kier alpha value is -2.43. The molecule has 1 unspecified atom stereocenters. The lowest BCUT2D eigenvalue weighted by atomic mass is 9.90. The minimum absolute atomic E-state index is 0.0466. The molecule has 3 rings (SSSR count). The smallest absolute Gasteiger partial charge is 0.274 e. The number of amides is 1. The summed E-state index contributed by atoms with van der Waals surface area (Å²) in [4.78, 5) is 27.0. The first-order chi connectivity index (χ1) is 12.2. The van der Waals surface area contributed by atoms with E-state index in [1.807, 2.05) is 43.5 Å². The Bertz CT molecular complexity index is 724. The van der Waals surface area contributed by atoms with Gasteiger partial charge < -0.3 is 4.90 Å². The van der Waals surface area contributed by atoms with Gasteiger partial charge in [-0.2, -0.15) is 5.10 Å². The lowest BCUT2D eigenvalue weighted by Gasteiger charge is -2.31. The summed E-state index contributed by atoms with van der Waals surface area (Å²) in [5.74, 6) is 0.155. The fraction of sp³-hybridized carbons (Fsp3) is 0.450. The molecular formula is C20H25N3O2. The van der Waals surface area contributed by atoms with Crippen LogP contribution in [0.3, 0.4) is 0 Å². The van der Waals surface area contributed by atoms with E-state index in [-0.39, 0.29) is 17.6 Å². The van der Waals surface area contributed by atoms with E-state index in [9.17, 15) is 9.59 Å². The van der Waals surface area contributed by atoms with Gasteiger partial charge in [0.25, 0.3) is 5.91 Å². The van der Waals surface area contributed by atoms with E-state index < -0.39 is 0 Å². The highest BCUT2D eigenvalue weighted by Crippen LogP contribution is 2.21. The second-order valence-corrected chi connectivity index (χ2v) is 6.60. The number of ketones is 1. The van der Waals surface area contributed by atoms with Gasteiger partial charge in [0.2, 0.25) is 0 Å². The van der Waals surface area contributed by atoms with E-state index >= 15 is 0 Å². The number of carbonyl (C=O) groups is 2. The summed E-state index contributed by atoms with van der Waals surface area (Å²) in [6.45, 7) is 3.96. The standard InChI is InChI=1S/C20H25N3O2/c1-2-23-14-12-18(21-23)20(25)22-13-6-9-17(15-22)19(24)11-10-16-7-4-3-5-8-16/h3-5,7-8,12,14,17H,2,6,9-11,13,15H2,1H3. The predicted molar refractivity (Wildman–Crippen MR) is 96.3 cm³/mol. The molecule has 0 radical (unpaired) electrons. The van der Waals surface area contributed by atoms with Crippen LogP contribution in [0.1, 0.15) is 42.2 Å². The zero-order chi connectivity index (χ0) is 17.6. The summed E-state index contributed by atoms with van der Waals surface area (Å²) in [6, 6.07) is 11.8. The molecule has 2 aromatic rings. The molecule has 0 aliphatic carbocycles. The van der Waals surface area contributed by atoms with Crippen LogP contribution < -0.4 is 0 Å². The molecule has 1 saturated heterocycles. The molecule has 0 spiro atoms. The number of piperidine rings is 1. The van der Waals surface area contributed by atoms with Gasteiger partial charge in [0.1, 0.15) is 11.5 Å². The van der Waals surface area contributed by atoms with Crippen molar-refractivity contribution >= 4 is 11.7 Å². The van der Waals surface area contributed by atoms with Gasteiger partial charge in [-0.3, -0.25) is 14.3 Å². The van der Waals surface area contributed by atoms with Crippen molar-refractivity contribution in [2.45, 2.75) is 39.2 Å². The fourth-order valence-electron chi connectivity index (χ4n) is 3.35. The molecule has 0 saturated carbocycles. The Kier molecular flexibility index (Phi) is 5.64. The Morgan fingerprint density at radius 3 is 2.72 bits per heavy atom. The summed E-state index contributed by atoms with van der Waals surface area (Å²) in [7, 11) is 0. The van der Waals surface area contributed by atoms with Crippen LogP contribution in [-0.2, 0) is 17.8 Å². The summed E-state index contributed by atoms with van der Waals surface area (Å²) in [5.41, 5.74) is 1.66. The molecule has 1 aromatic carbocycles. The summed E-state index contributed by atoms with van der Waals surface area (Å²) in [6.07, 6.45) is 4.88. The maximum atomic E-state index is 12.6. The molecule has 132 valence electrons. The van der Waals surface area contributed by atoms with Crippen molar-refractivity contribution in [2.24, 2.45) is 5.92 Å². The molecule has 25 heavy (non-hydrogen) atoms. The largest absolute Gasteiger partial charge is 0.337 e. The molecule has 1 aliphatic rings. The van der Waals surface area contributed by atoms with Crippen molar-refractivity contribution < 1.29 is 9.59 Å². The zero-order valence-electron chi connectivity index (χ0n) is 14.7. The second kappa shape index (κ2) is 8.10. The summed E-state index contributed by atoms with van der Waals surface area (Å²) in [5, 5.41) is 4.29. The van der Waals surface area contributed by atoms with Crippen LogP contribution in [-0.4, -0.2) is 39.5 Å². The van der Waals surface area contributed by atoms with Crippen LogP contribution in [0, 0.1) is 5.92 Å². The maximum absolute atomic E-state index is 12.6. The number of aromatic nitrogens is 2. The average Bonchev–Trinajstić information content (AvgIpc) is 3.15. The van der Waals surface area contributed by atoms with Crippen LogP contribution in [0.2, 0.25) is 0 Å². The van der Waals surface area contributed by atoms with Crippen molar-refractivity contribution in [3.8, 4) is 0 Å². The number of nitrogens with zero attached hydrogens (tertiary/aromatic N) is 3. The topological polar surface area (TPSA) is 55.2 Å². The van der Waals surface area contributed by atoms with Crippen molar-refractivity contribution in [2.75, 3.05) is 13.1 Å². The van der Waals surface area contributed by atoms with Gasteiger partial charge in [-0.05, 0) is 37.8 Å². The average molecular weight is 339 g/mol. The van der Waals surface area contributed by atoms with E-state index in [0.29, 0.717) is 25.2 Å².